The van der Waals surface area contributed by atoms with Crippen molar-refractivity contribution in [1.29, 1.82) is 0 Å². The lowest BCUT2D eigenvalue weighted by molar-refractivity contribution is 0.0461. The molecule has 0 saturated carbocycles. The fraction of sp³-hybridized carbons (Fsp3) is 0.438. The van der Waals surface area contributed by atoms with E-state index in [0.29, 0.717) is 12.7 Å². The molecule has 0 bridgehead atoms. The van der Waals surface area contributed by atoms with Gasteiger partial charge in [0.05, 0.1) is 12.7 Å². The Bertz CT molecular complexity index is 538. The van der Waals surface area contributed by atoms with Gasteiger partial charge in [0.15, 0.2) is 0 Å². The van der Waals surface area contributed by atoms with E-state index in [9.17, 15) is 0 Å². The van der Waals surface area contributed by atoms with E-state index in [1.54, 1.807) is 0 Å². The number of aryl methyl sites for hydroxylation is 1. The fourth-order valence-corrected chi connectivity index (χ4v) is 2.66. The minimum atomic E-state index is 0.347. The van der Waals surface area contributed by atoms with Crippen LogP contribution in [0.5, 0.6) is 0 Å². The molecule has 20 heavy (non-hydrogen) atoms. The largest absolute Gasteiger partial charge is 0.372 e. The summed E-state index contributed by atoms with van der Waals surface area (Å²) in [6.07, 6.45) is 3.38. The highest BCUT2D eigenvalue weighted by molar-refractivity contribution is 5.13. The lowest BCUT2D eigenvalue weighted by Crippen LogP contribution is -2.23. The van der Waals surface area contributed by atoms with Crippen molar-refractivity contribution >= 4 is 0 Å². The Kier molecular flexibility index (Phi) is 4.14. The van der Waals surface area contributed by atoms with Crippen LogP contribution in [0, 0.1) is 6.92 Å². The van der Waals surface area contributed by atoms with Crippen molar-refractivity contribution in [3.8, 4) is 0 Å². The number of imidazole rings is 1. The number of nitrogens with zero attached hydrogens (tertiary/aromatic N) is 2. The summed E-state index contributed by atoms with van der Waals surface area (Å²) in [6, 6.07) is 10.4. The van der Waals surface area contributed by atoms with Crippen molar-refractivity contribution in [2.45, 2.75) is 32.6 Å². The summed E-state index contributed by atoms with van der Waals surface area (Å²) in [5, 5.41) is 0. The second-order valence-corrected chi connectivity index (χ2v) is 5.44. The van der Waals surface area contributed by atoms with E-state index >= 15 is 0 Å². The van der Waals surface area contributed by atoms with E-state index in [0.717, 1.165) is 31.9 Å². The number of hydrogen-bond donors (Lipinski definition) is 1. The minimum absolute atomic E-state index is 0.347. The quantitative estimate of drug-likeness (QED) is 0.908. The summed E-state index contributed by atoms with van der Waals surface area (Å²) in [7, 11) is 0. The van der Waals surface area contributed by atoms with Crippen LogP contribution in [0.25, 0.3) is 0 Å². The van der Waals surface area contributed by atoms with Crippen LogP contribution in [-0.2, 0) is 17.9 Å². The van der Waals surface area contributed by atoms with E-state index in [4.69, 9.17) is 4.74 Å². The highest BCUT2D eigenvalue weighted by Gasteiger charge is 2.23. The Morgan fingerprint density at radius 2 is 2.20 bits per heavy atom. The first-order valence-corrected chi connectivity index (χ1v) is 7.18. The summed E-state index contributed by atoms with van der Waals surface area (Å²) >= 11 is 0. The van der Waals surface area contributed by atoms with Crippen molar-refractivity contribution in [1.82, 2.24) is 14.9 Å². The van der Waals surface area contributed by atoms with Crippen molar-refractivity contribution < 1.29 is 4.74 Å². The zero-order chi connectivity index (χ0) is 13.8. The third-order valence-electron chi connectivity index (χ3n) is 3.71. The molecule has 0 amide bonds. The Morgan fingerprint density at radius 3 is 2.95 bits per heavy atom. The Morgan fingerprint density at radius 1 is 1.35 bits per heavy atom. The number of hydrogen-bond acceptors (Lipinski definition) is 3. The Balaban J connectivity index is 1.45. The molecule has 1 aromatic carbocycles. The van der Waals surface area contributed by atoms with Gasteiger partial charge in [-0.3, -0.25) is 4.90 Å². The Hall–Kier alpha value is -1.65. The van der Waals surface area contributed by atoms with E-state index in [1.165, 1.54) is 11.3 Å². The summed E-state index contributed by atoms with van der Waals surface area (Å²) < 4.78 is 5.99. The van der Waals surface area contributed by atoms with Gasteiger partial charge >= 0.3 is 0 Å². The molecule has 1 unspecified atom stereocenters. The number of rotatable bonds is 5. The summed E-state index contributed by atoms with van der Waals surface area (Å²) in [5.41, 5.74) is 2.43. The molecule has 0 spiro atoms. The van der Waals surface area contributed by atoms with Gasteiger partial charge in [0, 0.05) is 31.5 Å². The van der Waals surface area contributed by atoms with Crippen LogP contribution in [0.4, 0.5) is 0 Å². The third kappa shape index (κ3) is 3.46. The molecular formula is C16H21N3O. The number of H-pyrrole nitrogens is 1. The maximum absolute atomic E-state index is 5.99. The number of benzene rings is 1. The number of ether oxygens (including phenoxy) is 1. The van der Waals surface area contributed by atoms with Gasteiger partial charge in [-0.05, 0) is 18.9 Å². The maximum atomic E-state index is 5.99. The van der Waals surface area contributed by atoms with Crippen molar-refractivity contribution in [2.75, 3.05) is 13.1 Å². The molecule has 1 saturated heterocycles. The number of aromatic amines is 1. The highest BCUT2D eigenvalue weighted by atomic mass is 16.5. The standard InChI is InChI=1S/C16H21N3O/c1-13-17-9-15(18-13)10-19-8-7-16(11-19)20-12-14-5-3-2-4-6-14/h2-6,9,16H,7-8,10-12H2,1H3,(H,17,18). The van der Waals surface area contributed by atoms with Crippen molar-refractivity contribution in [3.63, 3.8) is 0 Å². The van der Waals surface area contributed by atoms with E-state index < -0.39 is 0 Å². The predicted molar refractivity (Wildman–Crippen MR) is 78.2 cm³/mol. The molecular weight excluding hydrogens is 250 g/mol. The molecule has 1 aromatic heterocycles. The van der Waals surface area contributed by atoms with Crippen LogP contribution in [-0.4, -0.2) is 34.1 Å². The van der Waals surface area contributed by atoms with Gasteiger partial charge < -0.3 is 9.72 Å². The van der Waals surface area contributed by atoms with E-state index in [1.807, 2.05) is 19.2 Å². The molecule has 0 radical (unpaired) electrons. The molecule has 3 rings (SSSR count). The molecule has 4 nitrogen and oxygen atoms in total. The SMILES string of the molecule is Cc1ncc(CN2CCC(OCc3ccccc3)C2)[nH]1. The monoisotopic (exact) mass is 271 g/mol. The smallest absolute Gasteiger partial charge is 0.103 e. The normalized spacial score (nSPS) is 19.6. The van der Waals surface area contributed by atoms with Crippen molar-refractivity contribution in [3.05, 3.63) is 53.6 Å². The molecule has 1 aliphatic rings. The third-order valence-corrected chi connectivity index (χ3v) is 3.71. The zero-order valence-corrected chi connectivity index (χ0v) is 11.9. The van der Waals surface area contributed by atoms with Gasteiger partial charge in [0.1, 0.15) is 5.82 Å². The Labute approximate surface area is 119 Å². The number of nitrogens with one attached hydrogen (secondary N) is 1. The van der Waals surface area contributed by atoms with Crippen LogP contribution in [0.2, 0.25) is 0 Å². The van der Waals surface area contributed by atoms with Crippen LogP contribution in [0.1, 0.15) is 23.5 Å². The van der Waals surface area contributed by atoms with Crippen LogP contribution in [0.3, 0.4) is 0 Å². The minimum Gasteiger partial charge on any atom is -0.372 e. The topological polar surface area (TPSA) is 41.2 Å². The first-order valence-electron chi connectivity index (χ1n) is 7.18. The first kappa shape index (κ1) is 13.3. The average Bonchev–Trinajstić information content (AvgIpc) is 3.08. The lowest BCUT2D eigenvalue weighted by Gasteiger charge is -2.15. The highest BCUT2D eigenvalue weighted by Crippen LogP contribution is 2.16. The van der Waals surface area contributed by atoms with Crippen LogP contribution in [0.15, 0.2) is 36.5 Å². The second-order valence-electron chi connectivity index (χ2n) is 5.44. The zero-order valence-electron chi connectivity index (χ0n) is 11.9. The fourth-order valence-electron chi connectivity index (χ4n) is 2.66. The van der Waals surface area contributed by atoms with E-state index in [-0.39, 0.29) is 0 Å². The van der Waals surface area contributed by atoms with E-state index in [2.05, 4.69) is 39.1 Å². The summed E-state index contributed by atoms with van der Waals surface area (Å²) in [4.78, 5) is 9.94. The number of likely N-dealkylation sites (tertiary alicyclic amines) is 1. The van der Waals surface area contributed by atoms with Crippen molar-refractivity contribution in [2.24, 2.45) is 0 Å². The van der Waals surface area contributed by atoms with Gasteiger partial charge in [-0.15, -0.1) is 0 Å². The van der Waals surface area contributed by atoms with Gasteiger partial charge in [0.2, 0.25) is 0 Å². The maximum Gasteiger partial charge on any atom is 0.103 e. The molecule has 106 valence electrons. The summed E-state index contributed by atoms with van der Waals surface area (Å²) in [5.74, 6) is 0.982. The summed E-state index contributed by atoms with van der Waals surface area (Å²) in [6.45, 7) is 5.73. The van der Waals surface area contributed by atoms with Gasteiger partial charge in [-0.2, -0.15) is 0 Å². The van der Waals surface area contributed by atoms with Gasteiger partial charge in [0.25, 0.3) is 0 Å². The van der Waals surface area contributed by atoms with Gasteiger partial charge in [-0.1, -0.05) is 30.3 Å². The number of aromatic nitrogens is 2. The molecule has 1 fully saturated rings. The van der Waals surface area contributed by atoms with Gasteiger partial charge in [-0.25, -0.2) is 4.98 Å². The first-order chi connectivity index (χ1) is 9.79. The molecule has 2 heterocycles. The molecule has 2 aromatic rings. The van der Waals surface area contributed by atoms with Crippen LogP contribution < -0.4 is 0 Å². The molecule has 1 aliphatic heterocycles. The predicted octanol–water partition coefficient (Wildman–Crippen LogP) is 2.51. The molecule has 0 aliphatic carbocycles. The molecule has 4 heteroatoms. The second kappa shape index (κ2) is 6.20. The average molecular weight is 271 g/mol. The molecule has 1 N–H and O–H groups in total. The lowest BCUT2D eigenvalue weighted by atomic mass is 10.2. The molecule has 1 atom stereocenters. The van der Waals surface area contributed by atoms with Crippen LogP contribution >= 0.6 is 0 Å².